The summed E-state index contributed by atoms with van der Waals surface area (Å²) in [5.74, 6) is -0.918. The number of hydrogen-bond donors (Lipinski definition) is 1. The van der Waals surface area contributed by atoms with Gasteiger partial charge in [-0.25, -0.2) is 4.39 Å². The van der Waals surface area contributed by atoms with Gasteiger partial charge in [0, 0.05) is 12.1 Å². The van der Waals surface area contributed by atoms with Crippen molar-refractivity contribution in [3.63, 3.8) is 0 Å². The van der Waals surface area contributed by atoms with Crippen molar-refractivity contribution in [3.05, 3.63) is 63.9 Å². The summed E-state index contributed by atoms with van der Waals surface area (Å²) in [6.45, 7) is -0.0455. The molecular formula is C19H16BrF4N5O. The molecule has 0 atom stereocenters. The van der Waals surface area contributed by atoms with Crippen LogP contribution in [0.4, 0.5) is 23.2 Å². The zero-order valence-electron chi connectivity index (χ0n) is 15.5. The third kappa shape index (κ3) is 4.55. The minimum atomic E-state index is -4.61. The molecule has 30 heavy (non-hydrogen) atoms. The molecule has 0 spiro atoms. The van der Waals surface area contributed by atoms with E-state index in [9.17, 15) is 22.4 Å². The number of carbonyl (C=O) groups excluding carboxylic acids is 1. The van der Waals surface area contributed by atoms with Crippen LogP contribution in [0, 0.1) is 5.82 Å². The van der Waals surface area contributed by atoms with Crippen LogP contribution in [-0.4, -0.2) is 25.5 Å². The Balaban J connectivity index is 1.45. The molecule has 1 N–H and O–H groups in total. The average Bonchev–Trinajstić information content (AvgIpc) is 3.30. The number of halogens is 5. The summed E-state index contributed by atoms with van der Waals surface area (Å²) in [6, 6.07) is 6.06. The average molecular weight is 486 g/mol. The van der Waals surface area contributed by atoms with Gasteiger partial charge in [0.1, 0.15) is 12.4 Å². The third-order valence-electron chi connectivity index (χ3n) is 4.61. The Morgan fingerprint density at radius 1 is 1.30 bits per heavy atom. The van der Waals surface area contributed by atoms with Gasteiger partial charge in [-0.2, -0.15) is 23.4 Å². The Kier molecular flexibility index (Phi) is 5.39. The van der Waals surface area contributed by atoms with Gasteiger partial charge < -0.3 is 5.32 Å². The number of aromatic nitrogens is 4. The fourth-order valence-electron chi connectivity index (χ4n) is 3.18. The normalized spacial score (nSPS) is 14.2. The highest BCUT2D eigenvalue weighted by molar-refractivity contribution is 9.10. The van der Waals surface area contributed by atoms with E-state index in [0.717, 1.165) is 17.5 Å². The number of alkyl halides is 3. The second-order valence-corrected chi connectivity index (χ2v) is 7.88. The predicted octanol–water partition coefficient (Wildman–Crippen LogP) is 4.56. The number of nitrogens with one attached hydrogen (secondary N) is 1. The van der Waals surface area contributed by atoms with Gasteiger partial charge >= 0.3 is 6.18 Å². The van der Waals surface area contributed by atoms with Crippen molar-refractivity contribution in [1.29, 1.82) is 0 Å². The van der Waals surface area contributed by atoms with E-state index in [1.807, 2.05) is 0 Å². The van der Waals surface area contributed by atoms with Crippen LogP contribution >= 0.6 is 15.9 Å². The van der Waals surface area contributed by atoms with Gasteiger partial charge in [0.15, 0.2) is 5.69 Å². The Morgan fingerprint density at radius 3 is 2.73 bits per heavy atom. The lowest BCUT2D eigenvalue weighted by Gasteiger charge is -2.07. The Morgan fingerprint density at radius 2 is 2.07 bits per heavy atom. The molecule has 0 bridgehead atoms. The first-order valence-corrected chi connectivity index (χ1v) is 9.90. The quantitative estimate of drug-likeness (QED) is 0.520. The maximum Gasteiger partial charge on any atom is 0.436 e. The highest BCUT2D eigenvalue weighted by Crippen LogP contribution is 2.46. The molecule has 158 valence electrons. The molecule has 0 radical (unpaired) electrons. The molecule has 2 heterocycles. The molecule has 4 rings (SSSR count). The van der Waals surface area contributed by atoms with Gasteiger partial charge in [-0.1, -0.05) is 12.1 Å². The highest BCUT2D eigenvalue weighted by atomic mass is 79.9. The second kappa shape index (κ2) is 7.86. The van der Waals surface area contributed by atoms with Crippen LogP contribution in [0.2, 0.25) is 0 Å². The maximum absolute atomic E-state index is 13.3. The van der Waals surface area contributed by atoms with Crippen LogP contribution in [-0.2, 0) is 24.1 Å². The van der Waals surface area contributed by atoms with Gasteiger partial charge in [-0.05, 0) is 46.5 Å². The van der Waals surface area contributed by atoms with Gasteiger partial charge in [-0.15, -0.1) is 0 Å². The topological polar surface area (TPSA) is 64.7 Å². The van der Waals surface area contributed by atoms with Crippen LogP contribution < -0.4 is 5.32 Å². The van der Waals surface area contributed by atoms with E-state index < -0.39 is 17.8 Å². The van der Waals surface area contributed by atoms with Gasteiger partial charge in [-0.3, -0.25) is 14.2 Å². The summed E-state index contributed by atoms with van der Waals surface area (Å²) >= 11 is 3.00. The summed E-state index contributed by atoms with van der Waals surface area (Å²) in [5, 5.41) is 10.3. The molecule has 1 saturated carbocycles. The lowest BCUT2D eigenvalue weighted by molar-refractivity contribution is -0.142. The van der Waals surface area contributed by atoms with Gasteiger partial charge in [0.05, 0.1) is 28.6 Å². The molecule has 1 aliphatic rings. The van der Waals surface area contributed by atoms with Crippen LogP contribution in [0.3, 0.4) is 0 Å². The number of nitrogens with zero attached hydrogens (tertiary/aromatic N) is 4. The Labute approximate surface area is 177 Å². The molecule has 1 aliphatic carbocycles. The minimum absolute atomic E-state index is 0.0372. The standard InChI is InChI=1S/C19H16BrF4N5O/c20-16-17(12-4-5-12)29(27-18(16)19(22,23)24)10-15(30)26-14-7-25-28(9-14)8-11-2-1-3-13(21)6-11/h1-3,6-7,9,12H,4-5,8,10H2,(H,26,30). The first-order chi connectivity index (χ1) is 14.2. The monoisotopic (exact) mass is 485 g/mol. The van der Waals surface area contributed by atoms with Crippen molar-refractivity contribution in [2.45, 2.75) is 38.0 Å². The Bertz CT molecular complexity index is 1090. The van der Waals surface area contributed by atoms with Crippen molar-refractivity contribution in [3.8, 4) is 0 Å². The maximum atomic E-state index is 13.3. The summed E-state index contributed by atoms with van der Waals surface area (Å²) in [5.41, 5.74) is 0.442. The number of carbonyl (C=O) groups is 1. The number of anilines is 1. The lowest BCUT2D eigenvalue weighted by atomic mass is 10.2. The van der Waals surface area contributed by atoms with Crippen molar-refractivity contribution < 1.29 is 22.4 Å². The highest BCUT2D eigenvalue weighted by Gasteiger charge is 2.41. The molecule has 3 aromatic rings. The first kappa shape index (κ1) is 20.6. The molecule has 0 saturated heterocycles. The molecule has 6 nitrogen and oxygen atoms in total. The number of rotatable bonds is 6. The van der Waals surface area contributed by atoms with Gasteiger partial charge in [0.2, 0.25) is 5.91 Å². The molecular weight excluding hydrogens is 470 g/mol. The predicted molar refractivity (Wildman–Crippen MR) is 103 cm³/mol. The van der Waals surface area contributed by atoms with Gasteiger partial charge in [0.25, 0.3) is 0 Å². The van der Waals surface area contributed by atoms with Crippen LogP contribution in [0.25, 0.3) is 0 Å². The SMILES string of the molecule is O=C(Cn1nc(C(F)(F)F)c(Br)c1C1CC1)Nc1cnn(Cc2cccc(F)c2)c1. The van der Waals surface area contributed by atoms with Crippen molar-refractivity contribution >= 4 is 27.5 Å². The van der Waals surface area contributed by atoms with Crippen LogP contribution in [0.15, 0.2) is 41.1 Å². The van der Waals surface area contributed by atoms with E-state index in [1.54, 1.807) is 18.3 Å². The molecule has 1 fully saturated rings. The fraction of sp³-hybridized carbons (Fsp3) is 0.316. The molecule has 0 unspecified atom stereocenters. The molecule has 2 aromatic heterocycles. The Hall–Kier alpha value is -2.69. The number of hydrogen-bond acceptors (Lipinski definition) is 3. The van der Waals surface area contributed by atoms with Crippen molar-refractivity contribution in [2.75, 3.05) is 5.32 Å². The minimum Gasteiger partial charge on any atom is -0.322 e. The summed E-state index contributed by atoms with van der Waals surface area (Å²) in [6.07, 6.45) is -0.113. The molecule has 1 aromatic carbocycles. The van der Waals surface area contributed by atoms with E-state index in [2.05, 4.69) is 31.4 Å². The molecule has 11 heteroatoms. The summed E-state index contributed by atoms with van der Waals surface area (Å²) < 4.78 is 55.3. The number of amides is 1. The fourth-order valence-corrected chi connectivity index (χ4v) is 4.01. The van der Waals surface area contributed by atoms with E-state index in [0.29, 0.717) is 23.5 Å². The third-order valence-corrected chi connectivity index (χ3v) is 5.39. The smallest absolute Gasteiger partial charge is 0.322 e. The van der Waals surface area contributed by atoms with E-state index >= 15 is 0 Å². The van der Waals surface area contributed by atoms with Crippen molar-refractivity contribution in [2.24, 2.45) is 0 Å². The first-order valence-electron chi connectivity index (χ1n) is 9.11. The zero-order valence-corrected chi connectivity index (χ0v) is 17.0. The summed E-state index contributed by atoms with van der Waals surface area (Å²) in [7, 11) is 0. The largest absolute Gasteiger partial charge is 0.436 e. The van der Waals surface area contributed by atoms with Crippen molar-refractivity contribution in [1.82, 2.24) is 19.6 Å². The molecule has 0 aliphatic heterocycles. The van der Waals surface area contributed by atoms with E-state index in [-0.39, 0.29) is 22.8 Å². The summed E-state index contributed by atoms with van der Waals surface area (Å²) in [4.78, 5) is 12.4. The van der Waals surface area contributed by atoms with Crippen LogP contribution in [0.5, 0.6) is 0 Å². The van der Waals surface area contributed by atoms with E-state index in [4.69, 9.17) is 0 Å². The lowest BCUT2D eigenvalue weighted by Crippen LogP contribution is -2.21. The number of benzene rings is 1. The van der Waals surface area contributed by atoms with E-state index in [1.165, 1.54) is 23.0 Å². The molecule has 1 amide bonds. The zero-order chi connectivity index (χ0) is 21.5. The second-order valence-electron chi connectivity index (χ2n) is 7.08. The van der Waals surface area contributed by atoms with Crippen LogP contribution in [0.1, 0.15) is 35.7 Å².